The number of carbonyl (C=O) groups excluding carboxylic acids is 1. The highest BCUT2D eigenvalue weighted by Crippen LogP contribution is 2.03. The van der Waals surface area contributed by atoms with Gasteiger partial charge in [-0.05, 0) is 25.1 Å². The summed E-state index contributed by atoms with van der Waals surface area (Å²) in [7, 11) is 0. The predicted molar refractivity (Wildman–Crippen MR) is 74.2 cm³/mol. The Kier molecular flexibility index (Phi) is 4.71. The molecule has 2 rings (SSSR count). The minimum Gasteiger partial charge on any atom is -0.366 e. The summed E-state index contributed by atoms with van der Waals surface area (Å²) >= 11 is 0. The molecular weight excluding hydrogens is 270 g/mol. The van der Waals surface area contributed by atoms with E-state index in [9.17, 15) is 4.79 Å². The smallest absolute Gasteiger partial charge is 0.271 e. The topological polar surface area (TPSA) is 116 Å². The molecule has 21 heavy (non-hydrogen) atoms. The van der Waals surface area contributed by atoms with Crippen molar-refractivity contribution in [1.29, 1.82) is 5.26 Å². The van der Waals surface area contributed by atoms with Crippen molar-refractivity contribution < 1.29 is 4.79 Å². The number of hydrogen-bond donors (Lipinski definition) is 2. The fourth-order valence-electron chi connectivity index (χ4n) is 1.56. The van der Waals surface area contributed by atoms with E-state index in [1.807, 2.05) is 13.0 Å². The van der Waals surface area contributed by atoms with Crippen molar-refractivity contribution in [1.82, 2.24) is 25.5 Å². The summed E-state index contributed by atoms with van der Waals surface area (Å²) in [5.74, 6) is 0.329. The van der Waals surface area contributed by atoms with Crippen molar-refractivity contribution in [3.63, 3.8) is 0 Å². The number of carbonyl (C=O) groups is 1. The highest BCUT2D eigenvalue weighted by molar-refractivity contribution is 5.91. The summed E-state index contributed by atoms with van der Waals surface area (Å²) in [6.45, 7) is 2.26. The van der Waals surface area contributed by atoms with E-state index in [4.69, 9.17) is 5.26 Å². The maximum atomic E-state index is 11.8. The third-order valence-electron chi connectivity index (χ3n) is 2.52. The summed E-state index contributed by atoms with van der Waals surface area (Å²) in [4.78, 5) is 19.6. The van der Waals surface area contributed by atoms with E-state index in [0.29, 0.717) is 12.4 Å². The van der Waals surface area contributed by atoms with Gasteiger partial charge in [-0.1, -0.05) is 0 Å². The Hall–Kier alpha value is -3.08. The zero-order chi connectivity index (χ0) is 15.1. The largest absolute Gasteiger partial charge is 0.366 e. The molecule has 2 N–H and O–H groups in total. The van der Waals surface area contributed by atoms with Gasteiger partial charge in [0, 0.05) is 25.0 Å². The van der Waals surface area contributed by atoms with Gasteiger partial charge in [-0.25, -0.2) is 9.97 Å². The van der Waals surface area contributed by atoms with Crippen LogP contribution in [0.15, 0.2) is 30.6 Å². The number of aromatic nitrogens is 4. The fraction of sp³-hybridized carbons (Fsp3) is 0.231. The number of nitriles is 1. The average molecular weight is 283 g/mol. The van der Waals surface area contributed by atoms with Gasteiger partial charge in [0.15, 0.2) is 5.69 Å². The molecule has 0 aliphatic carbocycles. The van der Waals surface area contributed by atoms with Gasteiger partial charge in [-0.15, -0.1) is 5.10 Å². The van der Waals surface area contributed by atoms with Gasteiger partial charge < -0.3 is 10.6 Å². The first-order valence-electron chi connectivity index (χ1n) is 6.24. The van der Waals surface area contributed by atoms with Crippen molar-refractivity contribution in [3.8, 4) is 6.07 Å². The molecule has 1 atom stereocenters. The minimum absolute atomic E-state index is 0.0768. The molecule has 0 saturated carbocycles. The summed E-state index contributed by atoms with van der Waals surface area (Å²) in [5.41, 5.74) is 0.263. The van der Waals surface area contributed by atoms with Crippen LogP contribution < -0.4 is 10.6 Å². The highest BCUT2D eigenvalue weighted by atomic mass is 16.1. The Morgan fingerprint density at radius 3 is 3.00 bits per heavy atom. The molecule has 0 bridgehead atoms. The van der Waals surface area contributed by atoms with Crippen molar-refractivity contribution in [2.75, 3.05) is 11.9 Å². The van der Waals surface area contributed by atoms with Crippen LogP contribution in [0.2, 0.25) is 0 Å². The molecule has 2 aromatic heterocycles. The summed E-state index contributed by atoms with van der Waals surface area (Å²) in [5, 5.41) is 21.9. The van der Waals surface area contributed by atoms with E-state index >= 15 is 0 Å². The first-order chi connectivity index (χ1) is 10.2. The number of nitrogens with one attached hydrogen (secondary N) is 2. The van der Waals surface area contributed by atoms with Crippen LogP contribution in [0.4, 0.5) is 5.82 Å². The molecule has 8 heteroatoms. The van der Waals surface area contributed by atoms with Crippen LogP contribution in [-0.4, -0.2) is 38.7 Å². The Bertz CT molecular complexity index is 653. The van der Waals surface area contributed by atoms with Gasteiger partial charge in [0.2, 0.25) is 5.82 Å². The maximum Gasteiger partial charge on any atom is 0.271 e. The Morgan fingerprint density at radius 1 is 1.43 bits per heavy atom. The third kappa shape index (κ3) is 4.21. The van der Waals surface area contributed by atoms with E-state index < -0.39 is 0 Å². The van der Waals surface area contributed by atoms with Crippen LogP contribution >= 0.6 is 0 Å². The van der Waals surface area contributed by atoms with Crippen LogP contribution in [0.25, 0.3) is 0 Å². The zero-order valence-corrected chi connectivity index (χ0v) is 11.3. The van der Waals surface area contributed by atoms with Crippen LogP contribution in [0.3, 0.4) is 0 Å². The lowest BCUT2D eigenvalue weighted by Crippen LogP contribution is -2.35. The van der Waals surface area contributed by atoms with E-state index in [2.05, 4.69) is 30.8 Å². The SMILES string of the molecule is CC(CNC(=O)c1cccnn1)Nc1ccnc(C#N)n1. The third-order valence-corrected chi connectivity index (χ3v) is 2.52. The highest BCUT2D eigenvalue weighted by Gasteiger charge is 2.09. The van der Waals surface area contributed by atoms with Gasteiger partial charge in [0.25, 0.3) is 5.91 Å². The summed E-state index contributed by atoms with van der Waals surface area (Å²) in [6.07, 6.45) is 3.00. The molecule has 2 heterocycles. The van der Waals surface area contributed by atoms with Crippen LogP contribution in [0.1, 0.15) is 23.2 Å². The lowest BCUT2D eigenvalue weighted by molar-refractivity contribution is 0.0946. The average Bonchev–Trinajstić information content (AvgIpc) is 2.53. The maximum absolute atomic E-state index is 11.8. The van der Waals surface area contributed by atoms with E-state index in [-0.39, 0.29) is 23.5 Å². The zero-order valence-electron chi connectivity index (χ0n) is 11.3. The van der Waals surface area contributed by atoms with Crippen molar-refractivity contribution in [2.45, 2.75) is 13.0 Å². The number of rotatable bonds is 5. The molecule has 0 saturated heterocycles. The second-order valence-electron chi connectivity index (χ2n) is 4.24. The number of amides is 1. The number of hydrogen-bond acceptors (Lipinski definition) is 7. The molecule has 0 fully saturated rings. The normalized spacial score (nSPS) is 11.2. The van der Waals surface area contributed by atoms with Gasteiger partial charge in [0.1, 0.15) is 11.9 Å². The molecule has 0 radical (unpaired) electrons. The molecule has 106 valence electrons. The van der Waals surface area contributed by atoms with Gasteiger partial charge in [-0.3, -0.25) is 4.79 Å². The van der Waals surface area contributed by atoms with Gasteiger partial charge in [0.05, 0.1) is 0 Å². The van der Waals surface area contributed by atoms with Crippen molar-refractivity contribution in [2.24, 2.45) is 0 Å². The summed E-state index contributed by atoms with van der Waals surface area (Å²) < 4.78 is 0. The Morgan fingerprint density at radius 2 is 2.29 bits per heavy atom. The first-order valence-corrected chi connectivity index (χ1v) is 6.24. The van der Waals surface area contributed by atoms with E-state index in [1.54, 1.807) is 18.2 Å². The molecule has 0 aromatic carbocycles. The molecule has 8 nitrogen and oxygen atoms in total. The van der Waals surface area contributed by atoms with E-state index in [0.717, 1.165) is 0 Å². The Labute approximate surface area is 121 Å². The molecule has 1 unspecified atom stereocenters. The van der Waals surface area contributed by atoms with Gasteiger partial charge >= 0.3 is 0 Å². The van der Waals surface area contributed by atoms with Gasteiger partial charge in [-0.2, -0.15) is 10.4 Å². The van der Waals surface area contributed by atoms with E-state index in [1.165, 1.54) is 12.4 Å². The lowest BCUT2D eigenvalue weighted by Gasteiger charge is -2.14. The lowest BCUT2D eigenvalue weighted by atomic mass is 10.3. The predicted octanol–water partition coefficient (Wildman–Crippen LogP) is 0.369. The second-order valence-corrected chi connectivity index (χ2v) is 4.24. The monoisotopic (exact) mass is 283 g/mol. The number of nitrogens with zero attached hydrogens (tertiary/aromatic N) is 5. The van der Waals surface area contributed by atoms with Crippen LogP contribution in [0, 0.1) is 11.3 Å². The standard InChI is InChI=1S/C13H13N7O/c1-9(18-11-4-6-15-12(7-14)19-11)8-16-13(21)10-3-2-5-17-20-10/h2-6,9H,8H2,1H3,(H,16,21)(H,15,18,19). The van der Waals surface area contributed by atoms with Crippen LogP contribution in [0.5, 0.6) is 0 Å². The first kappa shape index (κ1) is 14.3. The van der Waals surface area contributed by atoms with Crippen molar-refractivity contribution in [3.05, 3.63) is 42.1 Å². The minimum atomic E-state index is -0.294. The number of anilines is 1. The molecule has 2 aromatic rings. The molecule has 0 spiro atoms. The van der Waals surface area contributed by atoms with Crippen molar-refractivity contribution >= 4 is 11.7 Å². The Balaban J connectivity index is 1.86. The summed E-state index contributed by atoms with van der Waals surface area (Å²) in [6, 6.07) is 6.68. The molecule has 0 aliphatic heterocycles. The molecule has 0 aliphatic rings. The quantitative estimate of drug-likeness (QED) is 0.814. The van der Waals surface area contributed by atoms with Crippen LogP contribution in [-0.2, 0) is 0 Å². The molecule has 1 amide bonds. The molecular formula is C13H13N7O. The fourth-order valence-corrected chi connectivity index (χ4v) is 1.56. The second kappa shape index (κ2) is 6.91.